The average Bonchev–Trinajstić information content (AvgIpc) is 2.86. The summed E-state index contributed by atoms with van der Waals surface area (Å²) in [4.78, 5) is 22.9. The highest BCUT2D eigenvalue weighted by Crippen LogP contribution is 2.19. The van der Waals surface area contributed by atoms with Crippen LogP contribution < -0.4 is 10.1 Å². The van der Waals surface area contributed by atoms with Crippen molar-refractivity contribution in [2.24, 2.45) is 0 Å². The van der Waals surface area contributed by atoms with E-state index in [1.54, 1.807) is 0 Å². The SMILES string of the molecule is CC.Cc1ccc(OCC(=O)NC2CCSC2=O)cc1. The van der Waals surface area contributed by atoms with Gasteiger partial charge in [0.1, 0.15) is 5.75 Å². The largest absolute Gasteiger partial charge is 0.484 e. The van der Waals surface area contributed by atoms with E-state index in [1.165, 1.54) is 11.8 Å². The molecule has 0 radical (unpaired) electrons. The number of hydrogen-bond acceptors (Lipinski definition) is 4. The number of aryl methyl sites for hydroxylation is 1. The highest BCUT2D eigenvalue weighted by Gasteiger charge is 2.26. The molecule has 5 heteroatoms. The molecule has 110 valence electrons. The van der Waals surface area contributed by atoms with Gasteiger partial charge in [0, 0.05) is 5.75 Å². The zero-order valence-corrected chi connectivity index (χ0v) is 13.0. The summed E-state index contributed by atoms with van der Waals surface area (Å²) in [6, 6.07) is 7.14. The molecule has 20 heavy (non-hydrogen) atoms. The number of hydrogen-bond donors (Lipinski definition) is 1. The van der Waals surface area contributed by atoms with E-state index in [2.05, 4.69) is 5.32 Å². The van der Waals surface area contributed by atoms with Crippen molar-refractivity contribution in [3.8, 4) is 5.75 Å². The topological polar surface area (TPSA) is 55.4 Å². The van der Waals surface area contributed by atoms with Crippen molar-refractivity contribution in [2.45, 2.75) is 33.2 Å². The predicted octanol–water partition coefficient (Wildman–Crippen LogP) is 2.55. The average molecular weight is 295 g/mol. The fraction of sp³-hybridized carbons (Fsp3) is 0.467. The first-order valence-electron chi connectivity index (χ1n) is 6.80. The van der Waals surface area contributed by atoms with E-state index in [9.17, 15) is 9.59 Å². The molecule has 0 aliphatic carbocycles. The summed E-state index contributed by atoms with van der Waals surface area (Å²) in [5, 5.41) is 2.72. The molecule has 1 heterocycles. The third kappa shape index (κ3) is 5.25. The Hall–Kier alpha value is -1.49. The van der Waals surface area contributed by atoms with Gasteiger partial charge in [0.2, 0.25) is 5.12 Å². The highest BCUT2D eigenvalue weighted by atomic mass is 32.2. The lowest BCUT2D eigenvalue weighted by Gasteiger charge is -2.11. The molecule has 1 amide bonds. The van der Waals surface area contributed by atoms with Gasteiger partial charge < -0.3 is 10.1 Å². The van der Waals surface area contributed by atoms with Crippen molar-refractivity contribution in [2.75, 3.05) is 12.4 Å². The van der Waals surface area contributed by atoms with Crippen LogP contribution in [0.1, 0.15) is 25.8 Å². The van der Waals surface area contributed by atoms with Gasteiger partial charge in [0.05, 0.1) is 6.04 Å². The highest BCUT2D eigenvalue weighted by molar-refractivity contribution is 8.14. The molecule has 0 spiro atoms. The Bertz CT molecular complexity index is 445. The van der Waals surface area contributed by atoms with E-state index >= 15 is 0 Å². The number of amides is 1. The molecule has 2 rings (SSSR count). The first-order valence-corrected chi connectivity index (χ1v) is 7.79. The van der Waals surface area contributed by atoms with Crippen LogP contribution in [0.4, 0.5) is 0 Å². The van der Waals surface area contributed by atoms with Gasteiger partial charge in [-0.25, -0.2) is 0 Å². The normalized spacial score (nSPS) is 17.1. The van der Waals surface area contributed by atoms with Crippen molar-refractivity contribution >= 4 is 22.8 Å². The Morgan fingerprint density at radius 2 is 2.00 bits per heavy atom. The summed E-state index contributed by atoms with van der Waals surface area (Å²) in [7, 11) is 0. The molecule has 0 aromatic heterocycles. The predicted molar refractivity (Wildman–Crippen MR) is 82.0 cm³/mol. The van der Waals surface area contributed by atoms with Crippen LogP contribution in [0, 0.1) is 6.92 Å². The summed E-state index contributed by atoms with van der Waals surface area (Å²) in [6.07, 6.45) is 0.708. The van der Waals surface area contributed by atoms with Gasteiger partial charge in [-0.2, -0.15) is 0 Å². The number of carbonyl (C=O) groups is 2. The maximum absolute atomic E-state index is 11.6. The molecule has 1 aromatic rings. The van der Waals surface area contributed by atoms with Gasteiger partial charge in [-0.3, -0.25) is 9.59 Å². The van der Waals surface area contributed by atoms with Crippen molar-refractivity contribution in [3.63, 3.8) is 0 Å². The zero-order chi connectivity index (χ0) is 15.0. The second-order valence-electron chi connectivity index (χ2n) is 4.18. The molecule has 1 N–H and O–H groups in total. The Labute approximate surface area is 124 Å². The molecule has 1 aromatic carbocycles. The van der Waals surface area contributed by atoms with Crippen LogP contribution in [0.15, 0.2) is 24.3 Å². The van der Waals surface area contributed by atoms with Crippen LogP contribution in [0.2, 0.25) is 0 Å². The molecular weight excluding hydrogens is 274 g/mol. The van der Waals surface area contributed by atoms with E-state index < -0.39 is 0 Å². The van der Waals surface area contributed by atoms with Crippen LogP contribution in [-0.2, 0) is 9.59 Å². The van der Waals surface area contributed by atoms with Gasteiger partial charge in [-0.15, -0.1) is 0 Å². The molecule has 4 nitrogen and oxygen atoms in total. The minimum atomic E-state index is -0.343. The summed E-state index contributed by atoms with van der Waals surface area (Å²) in [6.45, 7) is 5.93. The third-order valence-electron chi connectivity index (χ3n) is 2.66. The fourth-order valence-electron chi connectivity index (χ4n) is 1.65. The first kappa shape index (κ1) is 16.6. The molecule has 1 aliphatic heterocycles. The minimum Gasteiger partial charge on any atom is -0.484 e. The van der Waals surface area contributed by atoms with Crippen molar-refractivity contribution in [1.29, 1.82) is 0 Å². The van der Waals surface area contributed by atoms with Crippen molar-refractivity contribution < 1.29 is 14.3 Å². The minimum absolute atomic E-state index is 0.0404. The quantitative estimate of drug-likeness (QED) is 0.927. The van der Waals surface area contributed by atoms with Crippen molar-refractivity contribution in [1.82, 2.24) is 5.32 Å². The smallest absolute Gasteiger partial charge is 0.258 e. The molecular formula is C15H21NO3S. The molecule has 1 saturated heterocycles. The molecule has 0 saturated carbocycles. The standard InChI is InChI=1S/C13H15NO3S.C2H6/c1-9-2-4-10(5-3-9)17-8-12(15)14-11-6-7-18-13(11)16;1-2/h2-5,11H,6-8H2,1H3,(H,14,15);1-2H3. The number of carbonyl (C=O) groups excluding carboxylic acids is 2. The second-order valence-corrected chi connectivity index (χ2v) is 5.28. The molecule has 1 atom stereocenters. The maximum Gasteiger partial charge on any atom is 0.258 e. The summed E-state index contributed by atoms with van der Waals surface area (Å²) >= 11 is 1.27. The Kier molecular flexibility index (Phi) is 7.15. The lowest BCUT2D eigenvalue weighted by molar-refractivity contribution is -0.126. The van der Waals surface area contributed by atoms with E-state index in [0.717, 1.165) is 11.3 Å². The lowest BCUT2D eigenvalue weighted by Crippen LogP contribution is -2.39. The van der Waals surface area contributed by atoms with Gasteiger partial charge in [0.15, 0.2) is 6.61 Å². The Balaban J connectivity index is 0.000000956. The molecule has 1 aliphatic rings. The van der Waals surface area contributed by atoms with Gasteiger partial charge in [-0.05, 0) is 25.5 Å². The molecule has 1 fully saturated rings. The van der Waals surface area contributed by atoms with Gasteiger partial charge >= 0.3 is 0 Å². The number of benzene rings is 1. The summed E-state index contributed by atoms with van der Waals surface area (Å²) in [5.74, 6) is 1.18. The number of nitrogens with one attached hydrogen (secondary N) is 1. The molecule has 0 bridgehead atoms. The van der Waals surface area contributed by atoms with Crippen LogP contribution >= 0.6 is 11.8 Å². The monoisotopic (exact) mass is 295 g/mol. The van der Waals surface area contributed by atoms with Crippen LogP contribution in [0.25, 0.3) is 0 Å². The Morgan fingerprint density at radius 1 is 1.35 bits per heavy atom. The summed E-state index contributed by atoms with van der Waals surface area (Å²) < 4.78 is 5.34. The van der Waals surface area contributed by atoms with Crippen LogP contribution in [0.5, 0.6) is 5.75 Å². The van der Waals surface area contributed by atoms with Crippen LogP contribution in [0.3, 0.4) is 0 Å². The van der Waals surface area contributed by atoms with E-state index in [0.29, 0.717) is 12.2 Å². The molecule has 1 unspecified atom stereocenters. The number of rotatable bonds is 4. The number of thioether (sulfide) groups is 1. The lowest BCUT2D eigenvalue weighted by atomic mass is 10.2. The Morgan fingerprint density at radius 3 is 2.55 bits per heavy atom. The summed E-state index contributed by atoms with van der Waals surface area (Å²) in [5.41, 5.74) is 1.14. The fourth-order valence-corrected chi connectivity index (χ4v) is 2.58. The van der Waals surface area contributed by atoms with E-state index in [1.807, 2.05) is 45.0 Å². The van der Waals surface area contributed by atoms with E-state index in [-0.39, 0.29) is 23.7 Å². The van der Waals surface area contributed by atoms with E-state index in [4.69, 9.17) is 4.74 Å². The second kappa shape index (κ2) is 8.64. The third-order valence-corrected chi connectivity index (χ3v) is 3.67. The van der Waals surface area contributed by atoms with Gasteiger partial charge in [0.25, 0.3) is 5.91 Å². The van der Waals surface area contributed by atoms with Gasteiger partial charge in [-0.1, -0.05) is 43.3 Å². The first-order chi connectivity index (χ1) is 9.65. The van der Waals surface area contributed by atoms with Crippen LogP contribution in [-0.4, -0.2) is 29.4 Å². The van der Waals surface area contributed by atoms with Crippen molar-refractivity contribution in [3.05, 3.63) is 29.8 Å². The maximum atomic E-state index is 11.6. The zero-order valence-electron chi connectivity index (χ0n) is 12.1. The number of ether oxygens (including phenoxy) is 1.